The molecule has 1 atom stereocenters. The van der Waals surface area contributed by atoms with E-state index < -0.39 is 5.91 Å². The Morgan fingerprint density at radius 2 is 1.82 bits per heavy atom. The zero-order valence-electron chi connectivity index (χ0n) is 19.0. The lowest BCUT2D eigenvalue weighted by Crippen LogP contribution is -2.51. The molecule has 1 fully saturated rings. The highest BCUT2D eigenvalue weighted by Gasteiger charge is 2.32. The Morgan fingerprint density at radius 3 is 2.50 bits per heavy atom. The van der Waals surface area contributed by atoms with Crippen LogP contribution in [0, 0.1) is 5.92 Å². The van der Waals surface area contributed by atoms with E-state index >= 15 is 0 Å². The SMILES string of the molecule is NC(=O)c1cc(-c2ccc(Cl)cc2)cc2c3c([nH]c12)CCC(C(=O)N1CCN(CCO)CC1)C3. The third-order valence-corrected chi connectivity index (χ3v) is 7.44. The number of aliphatic hydroxyl groups excluding tert-OH is 1. The molecule has 1 unspecified atom stereocenters. The van der Waals surface area contributed by atoms with Crippen LogP contribution in [0.15, 0.2) is 36.4 Å². The summed E-state index contributed by atoms with van der Waals surface area (Å²) in [5.74, 6) is -0.354. The van der Waals surface area contributed by atoms with Gasteiger partial charge in [0.15, 0.2) is 0 Å². The summed E-state index contributed by atoms with van der Waals surface area (Å²) in [6.45, 7) is 3.78. The number of hydrogen-bond acceptors (Lipinski definition) is 4. The summed E-state index contributed by atoms with van der Waals surface area (Å²) in [5.41, 5.74) is 11.0. The minimum Gasteiger partial charge on any atom is -0.395 e. The Morgan fingerprint density at radius 1 is 1.09 bits per heavy atom. The molecule has 1 aliphatic heterocycles. The van der Waals surface area contributed by atoms with Crippen LogP contribution < -0.4 is 5.73 Å². The molecule has 5 rings (SSSR count). The first-order chi connectivity index (χ1) is 16.4. The molecule has 0 spiro atoms. The Labute approximate surface area is 203 Å². The van der Waals surface area contributed by atoms with Gasteiger partial charge in [0, 0.05) is 54.7 Å². The number of carbonyl (C=O) groups excluding carboxylic acids is 2. The van der Waals surface area contributed by atoms with Gasteiger partial charge < -0.3 is 20.7 Å². The lowest BCUT2D eigenvalue weighted by molar-refractivity contribution is -0.137. The molecular weight excluding hydrogens is 452 g/mol. The van der Waals surface area contributed by atoms with Gasteiger partial charge in [0.1, 0.15) is 0 Å². The second-order valence-corrected chi connectivity index (χ2v) is 9.67. The van der Waals surface area contributed by atoms with Gasteiger partial charge in [-0.1, -0.05) is 23.7 Å². The van der Waals surface area contributed by atoms with Crippen molar-refractivity contribution in [2.45, 2.75) is 19.3 Å². The standard InChI is InChI=1S/C26H29ClN4O3/c27-19-4-1-16(2-5-19)18-14-21-20-13-17(26(34)31-9-7-30(8-10-31)11-12-32)3-6-23(20)29-24(21)22(15-18)25(28)33/h1-2,4-5,14-15,17,29,32H,3,6-13H2,(H2,28,33). The molecule has 2 heterocycles. The van der Waals surface area contributed by atoms with Crippen molar-refractivity contribution in [1.82, 2.24) is 14.8 Å². The van der Waals surface area contributed by atoms with Crippen LogP contribution in [-0.2, 0) is 17.6 Å². The van der Waals surface area contributed by atoms with E-state index in [9.17, 15) is 9.59 Å². The van der Waals surface area contributed by atoms with Crippen LogP contribution in [0.25, 0.3) is 22.0 Å². The number of piperazine rings is 1. The van der Waals surface area contributed by atoms with Gasteiger partial charge in [-0.2, -0.15) is 0 Å². The number of β-amino-alcohol motifs (C(OH)–C–C–N with tert-alkyl or cyclic N) is 1. The molecule has 8 heteroatoms. The highest BCUT2D eigenvalue weighted by Crippen LogP contribution is 2.37. The first kappa shape index (κ1) is 22.9. The van der Waals surface area contributed by atoms with Crippen molar-refractivity contribution in [3.05, 3.63) is 58.2 Å². The van der Waals surface area contributed by atoms with Crippen LogP contribution in [0.3, 0.4) is 0 Å². The molecule has 2 amide bonds. The summed E-state index contributed by atoms with van der Waals surface area (Å²) in [6, 6.07) is 11.4. The number of aromatic nitrogens is 1. The molecule has 178 valence electrons. The number of nitrogens with one attached hydrogen (secondary N) is 1. The fourth-order valence-electron chi connectivity index (χ4n) is 5.32. The van der Waals surface area contributed by atoms with Crippen LogP contribution in [0.5, 0.6) is 0 Å². The first-order valence-electron chi connectivity index (χ1n) is 11.8. The number of hydrogen-bond donors (Lipinski definition) is 3. The van der Waals surface area contributed by atoms with Crippen molar-refractivity contribution in [1.29, 1.82) is 0 Å². The molecular formula is C26H29ClN4O3. The van der Waals surface area contributed by atoms with Crippen molar-refractivity contribution < 1.29 is 14.7 Å². The van der Waals surface area contributed by atoms with Gasteiger partial charge in [-0.3, -0.25) is 14.5 Å². The van der Waals surface area contributed by atoms with Crippen LogP contribution in [0.4, 0.5) is 0 Å². The number of H-pyrrole nitrogens is 1. The molecule has 0 radical (unpaired) electrons. The maximum absolute atomic E-state index is 13.3. The van der Waals surface area contributed by atoms with Gasteiger partial charge in [-0.15, -0.1) is 0 Å². The summed E-state index contributed by atoms with van der Waals surface area (Å²) in [4.78, 5) is 33.2. The molecule has 1 saturated heterocycles. The van der Waals surface area contributed by atoms with Gasteiger partial charge in [-0.25, -0.2) is 0 Å². The van der Waals surface area contributed by atoms with E-state index in [1.54, 1.807) is 0 Å². The third-order valence-electron chi connectivity index (χ3n) is 7.19. The number of halogens is 1. The topological polar surface area (TPSA) is 103 Å². The van der Waals surface area contributed by atoms with E-state index in [0.717, 1.165) is 59.2 Å². The minimum absolute atomic E-state index is 0.0768. The number of aryl methyl sites for hydroxylation is 1. The third kappa shape index (κ3) is 4.31. The van der Waals surface area contributed by atoms with Crippen LogP contribution in [-0.4, -0.2) is 71.0 Å². The van der Waals surface area contributed by atoms with Crippen LogP contribution >= 0.6 is 11.6 Å². The van der Waals surface area contributed by atoms with Crippen molar-refractivity contribution in [2.75, 3.05) is 39.3 Å². The molecule has 0 bridgehead atoms. The normalized spacial score (nSPS) is 18.8. The van der Waals surface area contributed by atoms with Gasteiger partial charge >= 0.3 is 0 Å². The highest BCUT2D eigenvalue weighted by molar-refractivity contribution is 6.30. The largest absolute Gasteiger partial charge is 0.395 e. The van der Waals surface area contributed by atoms with Crippen LogP contribution in [0.2, 0.25) is 5.02 Å². The zero-order valence-corrected chi connectivity index (χ0v) is 19.8. The van der Waals surface area contributed by atoms with E-state index in [4.69, 9.17) is 22.4 Å². The Hall–Kier alpha value is -2.87. The number of nitrogens with zero attached hydrogens (tertiary/aromatic N) is 2. The molecule has 2 aromatic carbocycles. The number of amides is 2. The molecule has 3 aromatic rings. The molecule has 34 heavy (non-hydrogen) atoms. The smallest absolute Gasteiger partial charge is 0.250 e. The van der Waals surface area contributed by atoms with Gasteiger partial charge in [0.05, 0.1) is 17.7 Å². The lowest BCUT2D eigenvalue weighted by Gasteiger charge is -2.37. The molecule has 0 saturated carbocycles. The summed E-state index contributed by atoms with van der Waals surface area (Å²) >= 11 is 6.06. The summed E-state index contributed by atoms with van der Waals surface area (Å²) in [7, 11) is 0. The van der Waals surface area contributed by atoms with Crippen LogP contribution in [0.1, 0.15) is 28.0 Å². The van der Waals surface area contributed by atoms with Crippen molar-refractivity contribution in [3.8, 4) is 11.1 Å². The van der Waals surface area contributed by atoms with Gasteiger partial charge in [0.2, 0.25) is 5.91 Å². The maximum Gasteiger partial charge on any atom is 0.250 e. The van der Waals surface area contributed by atoms with Gasteiger partial charge in [0.25, 0.3) is 5.91 Å². The number of rotatable bonds is 5. The number of primary amides is 1. The number of carbonyl (C=O) groups is 2. The quantitative estimate of drug-likeness (QED) is 0.522. The summed E-state index contributed by atoms with van der Waals surface area (Å²) < 4.78 is 0. The second-order valence-electron chi connectivity index (χ2n) is 9.23. The number of fused-ring (bicyclic) bond motifs is 3. The average molecular weight is 481 g/mol. The van der Waals surface area contributed by atoms with E-state index in [0.29, 0.717) is 36.6 Å². The fraction of sp³-hybridized carbons (Fsp3) is 0.385. The lowest BCUT2D eigenvalue weighted by atomic mass is 9.84. The maximum atomic E-state index is 13.3. The van der Waals surface area contributed by atoms with Crippen molar-refractivity contribution in [3.63, 3.8) is 0 Å². The fourth-order valence-corrected chi connectivity index (χ4v) is 5.45. The van der Waals surface area contributed by atoms with Gasteiger partial charge in [-0.05, 0) is 60.2 Å². The van der Waals surface area contributed by atoms with E-state index in [1.807, 2.05) is 35.2 Å². The number of nitrogens with two attached hydrogens (primary N) is 1. The van der Waals surface area contributed by atoms with E-state index in [-0.39, 0.29) is 18.4 Å². The first-order valence-corrected chi connectivity index (χ1v) is 12.2. The van der Waals surface area contributed by atoms with Crippen molar-refractivity contribution in [2.24, 2.45) is 11.7 Å². The summed E-state index contributed by atoms with van der Waals surface area (Å²) in [6.07, 6.45) is 2.19. The monoisotopic (exact) mass is 480 g/mol. The highest BCUT2D eigenvalue weighted by atomic mass is 35.5. The predicted octanol–water partition coefficient (Wildman–Crippen LogP) is 2.83. The molecule has 1 aromatic heterocycles. The second kappa shape index (κ2) is 9.41. The van der Waals surface area contributed by atoms with Crippen molar-refractivity contribution >= 4 is 34.3 Å². The zero-order chi connectivity index (χ0) is 23.8. The molecule has 7 nitrogen and oxygen atoms in total. The number of benzene rings is 2. The Kier molecular flexibility index (Phi) is 6.34. The van der Waals surface area contributed by atoms with E-state index in [1.165, 1.54) is 0 Å². The Bertz CT molecular complexity index is 1230. The summed E-state index contributed by atoms with van der Waals surface area (Å²) in [5, 5.41) is 10.8. The molecule has 4 N–H and O–H groups in total. The number of aromatic amines is 1. The number of aliphatic hydroxyl groups is 1. The predicted molar refractivity (Wildman–Crippen MR) is 133 cm³/mol. The Balaban J connectivity index is 1.45. The average Bonchev–Trinajstić information content (AvgIpc) is 3.22. The molecule has 2 aliphatic rings. The minimum atomic E-state index is -0.479. The molecule has 1 aliphatic carbocycles. The van der Waals surface area contributed by atoms with E-state index in [2.05, 4.69) is 16.0 Å².